The standard InChI is InChI=1S/C20H18ClN3O3S/c21-16-8-10-17(11-9-16)26-14-18(25)22-13-19-23-24-20(27-19)28-12-4-7-15-5-2-1-3-6-15/h1-11H,12-14H2,(H,22,25)/b7-4+. The van der Waals surface area contributed by atoms with Crippen molar-refractivity contribution in [3.8, 4) is 5.75 Å². The fourth-order valence-electron chi connectivity index (χ4n) is 2.14. The van der Waals surface area contributed by atoms with Gasteiger partial charge in [-0.1, -0.05) is 65.8 Å². The van der Waals surface area contributed by atoms with E-state index in [9.17, 15) is 4.79 Å². The van der Waals surface area contributed by atoms with E-state index < -0.39 is 0 Å². The van der Waals surface area contributed by atoms with Crippen LogP contribution in [0.3, 0.4) is 0 Å². The molecule has 0 unspecified atom stereocenters. The Morgan fingerprint density at radius 3 is 2.71 bits per heavy atom. The second kappa shape index (κ2) is 10.5. The molecule has 0 saturated heterocycles. The van der Waals surface area contributed by atoms with Gasteiger partial charge < -0.3 is 14.5 Å². The van der Waals surface area contributed by atoms with Crippen LogP contribution in [-0.2, 0) is 11.3 Å². The first kappa shape index (κ1) is 20.0. The fourth-order valence-corrected chi connectivity index (χ4v) is 2.86. The van der Waals surface area contributed by atoms with E-state index in [0.717, 1.165) is 5.56 Å². The van der Waals surface area contributed by atoms with Gasteiger partial charge in [-0.3, -0.25) is 4.79 Å². The number of benzene rings is 2. The second-order valence-electron chi connectivity index (χ2n) is 5.61. The summed E-state index contributed by atoms with van der Waals surface area (Å²) in [6, 6.07) is 16.8. The first-order valence-electron chi connectivity index (χ1n) is 8.51. The molecule has 0 saturated carbocycles. The predicted octanol–water partition coefficient (Wildman–Crippen LogP) is 4.22. The van der Waals surface area contributed by atoms with Crippen LogP contribution in [0.2, 0.25) is 5.02 Å². The number of carbonyl (C=O) groups is 1. The number of aromatic nitrogens is 2. The van der Waals surface area contributed by atoms with Crippen molar-refractivity contribution < 1.29 is 13.9 Å². The first-order chi connectivity index (χ1) is 13.7. The lowest BCUT2D eigenvalue weighted by Crippen LogP contribution is -2.28. The molecule has 2 aromatic carbocycles. The summed E-state index contributed by atoms with van der Waals surface area (Å²) in [5.41, 5.74) is 1.14. The molecule has 6 nitrogen and oxygen atoms in total. The summed E-state index contributed by atoms with van der Waals surface area (Å²) in [5.74, 6) is 1.33. The summed E-state index contributed by atoms with van der Waals surface area (Å²) in [6.07, 6.45) is 4.06. The Morgan fingerprint density at radius 2 is 1.93 bits per heavy atom. The molecule has 1 aromatic heterocycles. The van der Waals surface area contributed by atoms with E-state index in [1.807, 2.05) is 42.5 Å². The topological polar surface area (TPSA) is 77.2 Å². The molecule has 28 heavy (non-hydrogen) atoms. The van der Waals surface area contributed by atoms with Gasteiger partial charge in [0.2, 0.25) is 5.89 Å². The quantitative estimate of drug-likeness (QED) is 0.527. The Labute approximate surface area is 171 Å². The number of rotatable bonds is 9. The largest absolute Gasteiger partial charge is 0.484 e. The Balaban J connectivity index is 1.36. The number of amides is 1. The molecule has 0 radical (unpaired) electrons. The van der Waals surface area contributed by atoms with Crippen LogP contribution in [-0.4, -0.2) is 28.5 Å². The first-order valence-corrected chi connectivity index (χ1v) is 9.87. The smallest absolute Gasteiger partial charge is 0.276 e. The highest BCUT2D eigenvalue weighted by Gasteiger charge is 2.08. The third-order valence-electron chi connectivity index (χ3n) is 3.48. The molecule has 3 aromatic rings. The van der Waals surface area contributed by atoms with Gasteiger partial charge in [0.1, 0.15) is 5.75 Å². The minimum absolute atomic E-state index is 0.109. The fraction of sp³-hybridized carbons (Fsp3) is 0.150. The van der Waals surface area contributed by atoms with Crippen LogP contribution in [0.5, 0.6) is 5.75 Å². The zero-order chi connectivity index (χ0) is 19.6. The minimum Gasteiger partial charge on any atom is -0.484 e. The normalized spacial score (nSPS) is 10.9. The third-order valence-corrected chi connectivity index (χ3v) is 4.50. The van der Waals surface area contributed by atoms with E-state index in [1.165, 1.54) is 11.8 Å². The van der Waals surface area contributed by atoms with Crippen molar-refractivity contribution in [1.82, 2.24) is 15.5 Å². The van der Waals surface area contributed by atoms with Gasteiger partial charge >= 0.3 is 0 Å². The predicted molar refractivity (Wildman–Crippen MR) is 109 cm³/mol. The van der Waals surface area contributed by atoms with Gasteiger partial charge in [0.15, 0.2) is 6.61 Å². The maximum Gasteiger partial charge on any atom is 0.276 e. The summed E-state index contributed by atoms with van der Waals surface area (Å²) in [4.78, 5) is 11.8. The lowest BCUT2D eigenvalue weighted by Gasteiger charge is -2.06. The second-order valence-corrected chi connectivity index (χ2v) is 7.01. The third kappa shape index (κ3) is 6.75. The van der Waals surface area contributed by atoms with Crippen LogP contribution in [0.25, 0.3) is 6.08 Å². The number of nitrogens with zero attached hydrogens (tertiary/aromatic N) is 2. The lowest BCUT2D eigenvalue weighted by molar-refractivity contribution is -0.123. The van der Waals surface area contributed by atoms with Crippen LogP contribution in [0.4, 0.5) is 0 Å². The van der Waals surface area contributed by atoms with E-state index in [4.69, 9.17) is 20.8 Å². The van der Waals surface area contributed by atoms with Gasteiger partial charge in [-0.15, -0.1) is 10.2 Å². The van der Waals surface area contributed by atoms with E-state index in [0.29, 0.717) is 27.6 Å². The lowest BCUT2D eigenvalue weighted by atomic mass is 10.2. The van der Waals surface area contributed by atoms with Crippen LogP contribution < -0.4 is 10.1 Å². The molecular weight excluding hydrogens is 398 g/mol. The molecule has 1 amide bonds. The number of ether oxygens (including phenoxy) is 1. The molecule has 0 aliphatic rings. The van der Waals surface area contributed by atoms with Crippen molar-refractivity contribution in [2.24, 2.45) is 0 Å². The summed E-state index contributed by atoms with van der Waals surface area (Å²) >= 11 is 7.23. The Hall–Kier alpha value is -2.77. The molecule has 0 atom stereocenters. The van der Waals surface area contributed by atoms with Crippen molar-refractivity contribution >= 4 is 35.3 Å². The van der Waals surface area contributed by atoms with Crippen molar-refractivity contribution in [3.05, 3.63) is 77.2 Å². The van der Waals surface area contributed by atoms with E-state index >= 15 is 0 Å². The van der Waals surface area contributed by atoms with Gasteiger partial charge in [0.05, 0.1) is 6.54 Å². The van der Waals surface area contributed by atoms with Crippen molar-refractivity contribution in [2.45, 2.75) is 11.8 Å². The molecule has 1 heterocycles. The van der Waals surface area contributed by atoms with Crippen molar-refractivity contribution in [2.75, 3.05) is 12.4 Å². The van der Waals surface area contributed by atoms with Gasteiger partial charge in [0, 0.05) is 10.8 Å². The van der Waals surface area contributed by atoms with Gasteiger partial charge in [-0.05, 0) is 29.8 Å². The Kier molecular flexibility index (Phi) is 7.52. The SMILES string of the molecule is O=C(COc1ccc(Cl)cc1)NCc1nnc(SC/C=C/c2ccccc2)o1. The molecule has 0 fully saturated rings. The number of carbonyl (C=O) groups excluding carboxylic acids is 1. The van der Waals surface area contributed by atoms with E-state index in [2.05, 4.69) is 15.5 Å². The minimum atomic E-state index is -0.284. The molecule has 3 rings (SSSR count). The number of hydrogen-bond acceptors (Lipinski definition) is 6. The van der Waals surface area contributed by atoms with Crippen LogP contribution in [0.1, 0.15) is 11.5 Å². The van der Waals surface area contributed by atoms with Gasteiger partial charge in [-0.25, -0.2) is 0 Å². The van der Waals surface area contributed by atoms with E-state index in [1.54, 1.807) is 24.3 Å². The molecule has 0 aliphatic heterocycles. The molecule has 0 bridgehead atoms. The monoisotopic (exact) mass is 415 g/mol. The average molecular weight is 416 g/mol. The highest BCUT2D eigenvalue weighted by molar-refractivity contribution is 7.99. The summed E-state index contributed by atoms with van der Waals surface area (Å²) in [7, 11) is 0. The highest BCUT2D eigenvalue weighted by atomic mass is 35.5. The number of nitrogens with one attached hydrogen (secondary N) is 1. The van der Waals surface area contributed by atoms with Gasteiger partial charge in [-0.2, -0.15) is 0 Å². The maximum absolute atomic E-state index is 11.8. The number of halogens is 1. The molecule has 1 N–H and O–H groups in total. The maximum atomic E-state index is 11.8. The highest BCUT2D eigenvalue weighted by Crippen LogP contribution is 2.17. The van der Waals surface area contributed by atoms with Gasteiger partial charge in [0.25, 0.3) is 11.1 Å². The Morgan fingerprint density at radius 1 is 1.14 bits per heavy atom. The van der Waals surface area contributed by atoms with Crippen LogP contribution in [0, 0.1) is 0 Å². The van der Waals surface area contributed by atoms with Crippen molar-refractivity contribution in [1.29, 1.82) is 0 Å². The van der Waals surface area contributed by atoms with Crippen molar-refractivity contribution in [3.63, 3.8) is 0 Å². The molecule has 8 heteroatoms. The van der Waals surface area contributed by atoms with Crippen LogP contribution >= 0.6 is 23.4 Å². The molecular formula is C20H18ClN3O3S. The number of hydrogen-bond donors (Lipinski definition) is 1. The number of thioether (sulfide) groups is 1. The average Bonchev–Trinajstić information content (AvgIpc) is 3.18. The van der Waals surface area contributed by atoms with Crippen LogP contribution in [0.15, 0.2) is 70.3 Å². The summed E-state index contributed by atoms with van der Waals surface area (Å²) in [6.45, 7) is 0.0396. The summed E-state index contributed by atoms with van der Waals surface area (Å²) < 4.78 is 10.9. The molecule has 144 valence electrons. The molecule has 0 spiro atoms. The Bertz CT molecular complexity index is 914. The zero-order valence-corrected chi connectivity index (χ0v) is 16.4. The molecule has 0 aliphatic carbocycles. The zero-order valence-electron chi connectivity index (χ0n) is 14.9. The summed E-state index contributed by atoms with van der Waals surface area (Å²) in [5, 5.41) is 11.6. The van der Waals surface area contributed by atoms with E-state index in [-0.39, 0.29) is 19.1 Å².